The van der Waals surface area contributed by atoms with Gasteiger partial charge in [-0.05, 0) is 37.6 Å². The van der Waals surface area contributed by atoms with Gasteiger partial charge in [-0.1, -0.05) is 11.6 Å². The standard InChI is InChI=1S/C15H16ClN3O5/c1-8(14(22)23)17-12(20)7-6-11-13(21)19(15(24)18-11)10-4-2-9(16)3-5-10/h2-5,8,11H,6-7H2,1H3,(H,17,20)(H,18,24)(H,22,23)/t8-,11?/m1/s1. The van der Waals surface area contributed by atoms with Crippen molar-refractivity contribution >= 4 is 41.1 Å². The minimum atomic E-state index is -1.15. The fourth-order valence-electron chi connectivity index (χ4n) is 2.21. The Kier molecular flexibility index (Phi) is 5.40. The Bertz CT molecular complexity index is 676. The zero-order valence-corrected chi connectivity index (χ0v) is 13.5. The fraction of sp³-hybridized carbons (Fsp3) is 0.333. The number of anilines is 1. The second kappa shape index (κ2) is 7.31. The van der Waals surface area contributed by atoms with Crippen molar-refractivity contribution in [3.8, 4) is 0 Å². The lowest BCUT2D eigenvalue weighted by atomic mass is 10.1. The third-order valence-electron chi connectivity index (χ3n) is 3.51. The van der Waals surface area contributed by atoms with Gasteiger partial charge in [0.1, 0.15) is 12.1 Å². The largest absolute Gasteiger partial charge is 0.480 e. The highest BCUT2D eigenvalue weighted by atomic mass is 35.5. The first kappa shape index (κ1) is 17.7. The molecule has 128 valence electrons. The maximum Gasteiger partial charge on any atom is 0.329 e. The molecule has 1 aromatic rings. The maximum atomic E-state index is 12.3. The summed E-state index contributed by atoms with van der Waals surface area (Å²) >= 11 is 5.78. The number of imide groups is 1. The van der Waals surface area contributed by atoms with Gasteiger partial charge >= 0.3 is 12.0 Å². The molecule has 2 rings (SSSR count). The summed E-state index contributed by atoms with van der Waals surface area (Å²) < 4.78 is 0. The van der Waals surface area contributed by atoms with Gasteiger partial charge < -0.3 is 15.7 Å². The van der Waals surface area contributed by atoms with E-state index in [1.54, 1.807) is 24.3 Å². The smallest absolute Gasteiger partial charge is 0.329 e. The Hall–Kier alpha value is -2.61. The zero-order chi connectivity index (χ0) is 17.9. The number of rotatable bonds is 6. The van der Waals surface area contributed by atoms with Crippen molar-refractivity contribution in [2.75, 3.05) is 4.90 Å². The van der Waals surface area contributed by atoms with Crippen LogP contribution in [0.3, 0.4) is 0 Å². The van der Waals surface area contributed by atoms with Crippen LogP contribution in [0.25, 0.3) is 0 Å². The summed E-state index contributed by atoms with van der Waals surface area (Å²) in [7, 11) is 0. The second-order valence-electron chi connectivity index (χ2n) is 5.32. The van der Waals surface area contributed by atoms with Gasteiger partial charge in [-0.15, -0.1) is 0 Å². The van der Waals surface area contributed by atoms with E-state index >= 15 is 0 Å². The van der Waals surface area contributed by atoms with Gasteiger partial charge in [0.15, 0.2) is 0 Å². The predicted molar refractivity (Wildman–Crippen MR) is 85.7 cm³/mol. The van der Waals surface area contributed by atoms with Crippen LogP contribution in [0.4, 0.5) is 10.5 Å². The monoisotopic (exact) mass is 353 g/mol. The topological polar surface area (TPSA) is 116 Å². The van der Waals surface area contributed by atoms with Crippen molar-refractivity contribution in [2.45, 2.75) is 31.8 Å². The Morgan fingerprint density at radius 2 is 1.96 bits per heavy atom. The summed E-state index contributed by atoms with van der Waals surface area (Å²) in [5, 5.41) is 14.0. The van der Waals surface area contributed by atoms with Crippen LogP contribution in [-0.2, 0) is 14.4 Å². The molecule has 9 heteroatoms. The molecule has 0 bridgehead atoms. The molecule has 24 heavy (non-hydrogen) atoms. The molecule has 1 unspecified atom stereocenters. The molecule has 0 aromatic heterocycles. The highest BCUT2D eigenvalue weighted by molar-refractivity contribution is 6.30. The lowest BCUT2D eigenvalue weighted by Gasteiger charge is -2.13. The Labute approximate surface area is 142 Å². The zero-order valence-electron chi connectivity index (χ0n) is 12.8. The second-order valence-corrected chi connectivity index (χ2v) is 5.75. The number of hydrogen-bond donors (Lipinski definition) is 3. The van der Waals surface area contributed by atoms with Crippen molar-refractivity contribution < 1.29 is 24.3 Å². The minimum Gasteiger partial charge on any atom is -0.480 e. The van der Waals surface area contributed by atoms with E-state index in [-0.39, 0.29) is 12.8 Å². The first-order valence-electron chi connectivity index (χ1n) is 7.22. The van der Waals surface area contributed by atoms with Gasteiger partial charge in [-0.25, -0.2) is 9.69 Å². The lowest BCUT2D eigenvalue weighted by molar-refractivity contribution is -0.141. The third kappa shape index (κ3) is 4.02. The highest BCUT2D eigenvalue weighted by Gasteiger charge is 2.38. The Morgan fingerprint density at radius 3 is 2.54 bits per heavy atom. The van der Waals surface area contributed by atoms with Gasteiger partial charge in [0, 0.05) is 11.4 Å². The van der Waals surface area contributed by atoms with Crippen LogP contribution in [0.2, 0.25) is 5.02 Å². The molecule has 0 saturated carbocycles. The molecule has 1 aromatic carbocycles. The fourth-order valence-corrected chi connectivity index (χ4v) is 2.34. The first-order valence-corrected chi connectivity index (χ1v) is 7.59. The van der Waals surface area contributed by atoms with Crippen LogP contribution in [0.5, 0.6) is 0 Å². The van der Waals surface area contributed by atoms with Gasteiger partial charge in [-0.2, -0.15) is 0 Å². The number of carboxylic acids is 1. The van der Waals surface area contributed by atoms with E-state index in [0.29, 0.717) is 10.7 Å². The molecule has 3 N–H and O–H groups in total. The average Bonchev–Trinajstić information content (AvgIpc) is 2.80. The number of aliphatic carboxylic acids is 1. The van der Waals surface area contributed by atoms with E-state index < -0.39 is 35.9 Å². The van der Waals surface area contributed by atoms with Gasteiger partial charge in [0.25, 0.3) is 5.91 Å². The number of halogens is 1. The number of benzene rings is 1. The molecule has 2 atom stereocenters. The van der Waals surface area contributed by atoms with Gasteiger partial charge in [0.05, 0.1) is 5.69 Å². The molecule has 1 aliphatic heterocycles. The molecule has 1 fully saturated rings. The number of carboxylic acid groups (broad SMARTS) is 1. The first-order chi connectivity index (χ1) is 11.3. The third-order valence-corrected chi connectivity index (χ3v) is 3.76. The number of carbonyl (C=O) groups excluding carboxylic acids is 3. The number of urea groups is 1. The van der Waals surface area contributed by atoms with Crippen molar-refractivity contribution in [1.29, 1.82) is 0 Å². The van der Waals surface area contributed by atoms with Crippen LogP contribution in [0.15, 0.2) is 24.3 Å². The van der Waals surface area contributed by atoms with E-state index in [9.17, 15) is 19.2 Å². The van der Waals surface area contributed by atoms with Crippen LogP contribution in [0.1, 0.15) is 19.8 Å². The molecule has 1 heterocycles. The van der Waals surface area contributed by atoms with E-state index in [1.807, 2.05) is 0 Å². The molecule has 4 amide bonds. The van der Waals surface area contributed by atoms with Crippen LogP contribution < -0.4 is 15.5 Å². The Morgan fingerprint density at radius 1 is 1.33 bits per heavy atom. The van der Waals surface area contributed by atoms with Crippen LogP contribution >= 0.6 is 11.6 Å². The maximum absolute atomic E-state index is 12.3. The quantitative estimate of drug-likeness (QED) is 0.663. The van der Waals surface area contributed by atoms with E-state index in [2.05, 4.69) is 10.6 Å². The molecular formula is C15H16ClN3O5. The van der Waals surface area contributed by atoms with Crippen molar-refractivity contribution in [3.05, 3.63) is 29.3 Å². The predicted octanol–water partition coefficient (Wildman–Crippen LogP) is 1.13. The average molecular weight is 354 g/mol. The van der Waals surface area contributed by atoms with Crippen molar-refractivity contribution in [1.82, 2.24) is 10.6 Å². The molecule has 0 radical (unpaired) electrons. The van der Waals surface area contributed by atoms with Crippen molar-refractivity contribution in [2.24, 2.45) is 0 Å². The summed E-state index contributed by atoms with van der Waals surface area (Å²) in [6.07, 6.45) is -0.00437. The molecule has 1 saturated heterocycles. The SMILES string of the molecule is C[C@@H](NC(=O)CCC1NC(=O)N(c2ccc(Cl)cc2)C1=O)C(=O)O. The molecule has 8 nitrogen and oxygen atoms in total. The molecule has 0 aliphatic carbocycles. The summed E-state index contributed by atoms with van der Waals surface area (Å²) in [5.41, 5.74) is 0.383. The normalized spacial score (nSPS) is 18.2. The van der Waals surface area contributed by atoms with Crippen LogP contribution in [-0.4, -0.2) is 41.0 Å². The summed E-state index contributed by atoms with van der Waals surface area (Å²) in [6, 6.07) is 3.78. The number of hydrogen-bond acceptors (Lipinski definition) is 4. The van der Waals surface area contributed by atoms with Gasteiger partial charge in [-0.3, -0.25) is 14.4 Å². The minimum absolute atomic E-state index is 0.0762. The molecule has 1 aliphatic rings. The molecular weight excluding hydrogens is 338 g/mol. The van der Waals surface area contributed by atoms with E-state index in [0.717, 1.165) is 4.90 Å². The van der Waals surface area contributed by atoms with Crippen LogP contribution in [0, 0.1) is 0 Å². The summed E-state index contributed by atoms with van der Waals surface area (Å²) in [5.74, 6) is -2.12. The highest BCUT2D eigenvalue weighted by Crippen LogP contribution is 2.23. The lowest BCUT2D eigenvalue weighted by Crippen LogP contribution is -2.39. The van der Waals surface area contributed by atoms with Gasteiger partial charge in [0.2, 0.25) is 5.91 Å². The number of nitrogens with zero attached hydrogens (tertiary/aromatic N) is 1. The number of nitrogens with one attached hydrogen (secondary N) is 2. The summed E-state index contributed by atoms with van der Waals surface area (Å²) in [4.78, 5) is 47.6. The Balaban J connectivity index is 1.95. The number of amides is 4. The van der Waals surface area contributed by atoms with E-state index in [1.165, 1.54) is 6.92 Å². The number of carbonyl (C=O) groups is 4. The molecule has 0 spiro atoms. The summed E-state index contributed by atoms with van der Waals surface area (Å²) in [6.45, 7) is 1.34. The van der Waals surface area contributed by atoms with Crippen molar-refractivity contribution in [3.63, 3.8) is 0 Å². The van der Waals surface area contributed by atoms with E-state index in [4.69, 9.17) is 16.7 Å².